The molecule has 1 rings (SSSR count). The van der Waals surface area contributed by atoms with Crippen LogP contribution < -0.4 is 10.1 Å². The highest BCUT2D eigenvalue weighted by atomic mass is 19.4. The van der Waals surface area contributed by atoms with Crippen molar-refractivity contribution in [3.05, 3.63) is 23.0 Å². The number of aromatic nitrogens is 1. The van der Waals surface area contributed by atoms with Crippen LogP contribution in [0.2, 0.25) is 0 Å². The van der Waals surface area contributed by atoms with Gasteiger partial charge in [-0.05, 0) is 33.2 Å². The molecule has 0 radical (unpaired) electrons. The summed E-state index contributed by atoms with van der Waals surface area (Å²) in [5, 5.41) is 3.11. The van der Waals surface area contributed by atoms with Gasteiger partial charge in [-0.2, -0.15) is 13.2 Å². The number of rotatable bonds is 7. The van der Waals surface area contributed by atoms with Gasteiger partial charge in [0.15, 0.2) is 0 Å². The zero-order valence-electron chi connectivity index (χ0n) is 12.1. The molecule has 0 aliphatic heterocycles. The zero-order valence-corrected chi connectivity index (χ0v) is 12.1. The van der Waals surface area contributed by atoms with Crippen molar-refractivity contribution in [2.24, 2.45) is 0 Å². The van der Waals surface area contributed by atoms with Crippen molar-refractivity contribution in [1.29, 1.82) is 0 Å². The van der Waals surface area contributed by atoms with E-state index in [0.29, 0.717) is 19.5 Å². The van der Waals surface area contributed by atoms with Crippen molar-refractivity contribution in [3.8, 4) is 5.75 Å². The van der Waals surface area contributed by atoms with Gasteiger partial charge in [-0.25, -0.2) is 0 Å². The molecule has 0 spiro atoms. The van der Waals surface area contributed by atoms with Gasteiger partial charge < -0.3 is 10.1 Å². The van der Waals surface area contributed by atoms with E-state index in [2.05, 4.69) is 10.3 Å². The molecule has 0 saturated carbocycles. The van der Waals surface area contributed by atoms with E-state index in [1.54, 1.807) is 13.3 Å². The number of halogens is 3. The number of hydrogen-bond acceptors (Lipinski definition) is 3. The minimum atomic E-state index is -4.05. The summed E-state index contributed by atoms with van der Waals surface area (Å²) in [4.78, 5) is 4.32. The average Bonchev–Trinajstić information content (AvgIpc) is 2.35. The molecule has 0 bridgehead atoms. The van der Waals surface area contributed by atoms with Crippen LogP contribution in [-0.2, 0) is 6.54 Å². The first-order valence-electron chi connectivity index (χ1n) is 6.61. The number of alkyl halides is 3. The van der Waals surface area contributed by atoms with E-state index in [1.165, 1.54) is 0 Å². The van der Waals surface area contributed by atoms with Gasteiger partial charge in [0.25, 0.3) is 0 Å². The lowest BCUT2D eigenvalue weighted by Crippen LogP contribution is -2.17. The average molecular weight is 290 g/mol. The van der Waals surface area contributed by atoms with Crippen LogP contribution in [0.15, 0.2) is 6.20 Å². The molecule has 1 heterocycles. The Labute approximate surface area is 117 Å². The molecule has 20 heavy (non-hydrogen) atoms. The highest BCUT2D eigenvalue weighted by molar-refractivity contribution is 5.40. The highest BCUT2D eigenvalue weighted by Gasteiger charge is 2.25. The second kappa shape index (κ2) is 7.47. The lowest BCUT2D eigenvalue weighted by atomic mass is 10.1. The number of unbranched alkanes of at least 4 members (excludes halogenated alkanes) is 1. The Balaban J connectivity index is 2.36. The number of nitrogens with one attached hydrogen (secondary N) is 1. The second-order valence-corrected chi connectivity index (χ2v) is 4.80. The summed E-state index contributed by atoms with van der Waals surface area (Å²) < 4.78 is 41.2. The molecule has 6 heteroatoms. The summed E-state index contributed by atoms with van der Waals surface area (Å²) in [7, 11) is 1.61. The molecule has 0 unspecified atom stereocenters. The Morgan fingerprint density at radius 3 is 2.55 bits per heavy atom. The summed E-state index contributed by atoms with van der Waals surface area (Å²) >= 11 is 0. The van der Waals surface area contributed by atoms with Crippen LogP contribution in [0.3, 0.4) is 0 Å². The summed E-state index contributed by atoms with van der Waals surface area (Å²) in [6.45, 7) is 4.94. The monoisotopic (exact) mass is 290 g/mol. The van der Waals surface area contributed by atoms with Gasteiger partial charge in [-0.15, -0.1) is 0 Å². The maximum Gasteiger partial charge on any atom is 0.389 e. The first-order valence-corrected chi connectivity index (χ1v) is 6.61. The molecule has 1 N–H and O–H groups in total. The van der Waals surface area contributed by atoms with Crippen molar-refractivity contribution in [1.82, 2.24) is 10.3 Å². The summed E-state index contributed by atoms with van der Waals surface area (Å²) in [6.07, 6.45) is -2.37. The molecule has 0 atom stereocenters. The number of nitrogens with zero attached hydrogens (tertiary/aromatic N) is 1. The van der Waals surface area contributed by atoms with Crippen LogP contribution in [0.1, 0.15) is 36.1 Å². The second-order valence-electron chi connectivity index (χ2n) is 4.80. The standard InChI is InChI=1S/C14H21F3N2O/c1-10-8-19-12(11(2)13(10)20-3)9-18-7-5-4-6-14(15,16)17/h8,18H,4-7,9H2,1-3H3. The molecule has 0 aromatic carbocycles. The van der Waals surface area contributed by atoms with Gasteiger partial charge in [-0.3, -0.25) is 4.98 Å². The van der Waals surface area contributed by atoms with Crippen molar-refractivity contribution >= 4 is 0 Å². The van der Waals surface area contributed by atoms with E-state index in [1.807, 2.05) is 13.8 Å². The topological polar surface area (TPSA) is 34.1 Å². The van der Waals surface area contributed by atoms with E-state index >= 15 is 0 Å². The number of hydrogen-bond donors (Lipinski definition) is 1. The Morgan fingerprint density at radius 1 is 1.25 bits per heavy atom. The largest absolute Gasteiger partial charge is 0.496 e. The first-order chi connectivity index (χ1) is 9.35. The minimum absolute atomic E-state index is 0.153. The number of aryl methyl sites for hydroxylation is 1. The lowest BCUT2D eigenvalue weighted by molar-refractivity contribution is -0.135. The van der Waals surface area contributed by atoms with Crippen molar-refractivity contribution in [2.45, 2.75) is 45.8 Å². The Kier molecular flexibility index (Phi) is 6.26. The SMILES string of the molecule is COc1c(C)cnc(CNCCCCC(F)(F)F)c1C. The summed E-state index contributed by atoms with van der Waals surface area (Å²) in [5.41, 5.74) is 2.80. The molecule has 114 valence electrons. The van der Waals surface area contributed by atoms with Gasteiger partial charge in [0.1, 0.15) is 5.75 Å². The first kappa shape index (κ1) is 16.8. The molecule has 0 fully saturated rings. The highest BCUT2D eigenvalue weighted by Crippen LogP contribution is 2.24. The van der Waals surface area contributed by atoms with Gasteiger partial charge in [0.05, 0.1) is 12.8 Å². The van der Waals surface area contributed by atoms with Crippen LogP contribution in [0.25, 0.3) is 0 Å². The van der Waals surface area contributed by atoms with Crippen LogP contribution in [0.4, 0.5) is 13.2 Å². The molecular formula is C14H21F3N2O. The van der Waals surface area contributed by atoms with Crippen molar-refractivity contribution < 1.29 is 17.9 Å². The fourth-order valence-corrected chi connectivity index (χ4v) is 2.03. The van der Waals surface area contributed by atoms with E-state index in [0.717, 1.165) is 22.6 Å². The lowest BCUT2D eigenvalue weighted by Gasteiger charge is -2.13. The summed E-state index contributed by atoms with van der Waals surface area (Å²) in [6, 6.07) is 0. The Morgan fingerprint density at radius 2 is 1.95 bits per heavy atom. The quantitative estimate of drug-likeness (QED) is 0.780. The molecular weight excluding hydrogens is 269 g/mol. The maximum atomic E-state index is 12.0. The van der Waals surface area contributed by atoms with Crippen molar-refractivity contribution in [3.63, 3.8) is 0 Å². The van der Waals surface area contributed by atoms with Crippen LogP contribution in [-0.4, -0.2) is 24.8 Å². The molecule has 0 aliphatic carbocycles. The molecule has 0 aliphatic rings. The summed E-state index contributed by atoms with van der Waals surface area (Å²) in [5.74, 6) is 0.814. The predicted octanol–water partition coefficient (Wildman–Crippen LogP) is 3.53. The van der Waals surface area contributed by atoms with E-state index < -0.39 is 12.6 Å². The van der Waals surface area contributed by atoms with Crippen LogP contribution >= 0.6 is 0 Å². The van der Waals surface area contributed by atoms with Crippen LogP contribution in [0, 0.1) is 13.8 Å². The van der Waals surface area contributed by atoms with Gasteiger partial charge >= 0.3 is 6.18 Å². The predicted molar refractivity (Wildman–Crippen MR) is 71.9 cm³/mol. The molecule has 3 nitrogen and oxygen atoms in total. The van der Waals surface area contributed by atoms with E-state index in [-0.39, 0.29) is 6.42 Å². The van der Waals surface area contributed by atoms with E-state index in [4.69, 9.17) is 4.74 Å². The smallest absolute Gasteiger partial charge is 0.389 e. The zero-order chi connectivity index (χ0) is 15.2. The maximum absolute atomic E-state index is 12.0. The number of ether oxygens (including phenoxy) is 1. The molecule has 1 aromatic rings. The number of pyridine rings is 1. The van der Waals surface area contributed by atoms with Crippen molar-refractivity contribution in [2.75, 3.05) is 13.7 Å². The van der Waals surface area contributed by atoms with Gasteiger partial charge in [0.2, 0.25) is 0 Å². The third-order valence-electron chi connectivity index (χ3n) is 3.11. The molecule has 0 saturated heterocycles. The normalized spacial score (nSPS) is 11.7. The Hall–Kier alpha value is -1.30. The minimum Gasteiger partial charge on any atom is -0.496 e. The number of methoxy groups -OCH3 is 1. The third-order valence-corrected chi connectivity index (χ3v) is 3.11. The van der Waals surface area contributed by atoms with E-state index in [9.17, 15) is 13.2 Å². The Bertz CT molecular complexity index is 433. The van der Waals surface area contributed by atoms with Gasteiger partial charge in [0, 0.05) is 30.3 Å². The molecule has 1 aromatic heterocycles. The fourth-order valence-electron chi connectivity index (χ4n) is 2.03. The molecule has 0 amide bonds. The van der Waals surface area contributed by atoms with Gasteiger partial charge in [-0.1, -0.05) is 0 Å². The fraction of sp³-hybridized carbons (Fsp3) is 0.643. The third kappa shape index (κ3) is 5.36. The van der Waals surface area contributed by atoms with Crippen LogP contribution in [0.5, 0.6) is 5.75 Å².